The summed E-state index contributed by atoms with van der Waals surface area (Å²) < 4.78 is 15.3. The van der Waals surface area contributed by atoms with Gasteiger partial charge in [0.2, 0.25) is 11.1 Å². The first-order valence-corrected chi connectivity index (χ1v) is 10.5. The Kier molecular flexibility index (Phi) is 5.53. The van der Waals surface area contributed by atoms with Crippen molar-refractivity contribution in [1.29, 1.82) is 0 Å². The molecule has 0 saturated carbocycles. The third-order valence-electron chi connectivity index (χ3n) is 4.94. The summed E-state index contributed by atoms with van der Waals surface area (Å²) in [6.07, 6.45) is 1.65. The van der Waals surface area contributed by atoms with Gasteiger partial charge >= 0.3 is 0 Å². The second-order valence-electron chi connectivity index (χ2n) is 6.82. The molecule has 1 amide bonds. The summed E-state index contributed by atoms with van der Waals surface area (Å²) in [6, 6.07) is 13.7. The van der Waals surface area contributed by atoms with E-state index in [9.17, 15) is 9.18 Å². The zero-order valence-corrected chi connectivity index (χ0v) is 17.0. The molecule has 3 aromatic rings. The van der Waals surface area contributed by atoms with Gasteiger partial charge in [0.25, 0.3) is 0 Å². The maximum atomic E-state index is 13.4. The molecule has 2 aromatic carbocycles. The molecule has 1 aromatic heterocycles. The molecule has 4 rings (SSSR count). The van der Waals surface area contributed by atoms with Gasteiger partial charge in [0.05, 0.1) is 6.04 Å². The van der Waals surface area contributed by atoms with Crippen molar-refractivity contribution in [2.24, 2.45) is 0 Å². The lowest BCUT2D eigenvalue weighted by atomic mass is 10.0. The Morgan fingerprint density at radius 2 is 1.83 bits per heavy atom. The van der Waals surface area contributed by atoms with E-state index in [1.807, 2.05) is 35.9 Å². The highest BCUT2D eigenvalue weighted by Crippen LogP contribution is 2.37. The van der Waals surface area contributed by atoms with E-state index < -0.39 is 5.25 Å². The average Bonchev–Trinajstić information content (AvgIpc) is 3.16. The molecule has 1 aliphatic heterocycles. The van der Waals surface area contributed by atoms with Gasteiger partial charge in [-0.1, -0.05) is 49.9 Å². The monoisotopic (exact) mass is 411 g/mol. The molecule has 0 saturated heterocycles. The Morgan fingerprint density at radius 1 is 1.10 bits per heavy atom. The first kappa shape index (κ1) is 19.4. The number of hydrogen-bond acceptors (Lipinski definition) is 5. The van der Waals surface area contributed by atoms with Gasteiger partial charge in [-0.2, -0.15) is 0 Å². The van der Waals surface area contributed by atoms with Crippen molar-refractivity contribution < 1.29 is 9.18 Å². The van der Waals surface area contributed by atoms with Crippen molar-refractivity contribution in [3.05, 3.63) is 71.3 Å². The number of thioether (sulfide) groups is 1. The summed E-state index contributed by atoms with van der Waals surface area (Å²) in [6.45, 7) is 4.08. The summed E-state index contributed by atoms with van der Waals surface area (Å²) >= 11 is 1.36. The number of aromatic nitrogens is 3. The molecule has 1 aliphatic rings. The topological polar surface area (TPSA) is 71.8 Å². The summed E-state index contributed by atoms with van der Waals surface area (Å²) in [4.78, 5) is 13.2. The number of halogens is 1. The summed E-state index contributed by atoms with van der Waals surface area (Å²) in [5.41, 5.74) is 6.13. The van der Waals surface area contributed by atoms with E-state index in [1.54, 1.807) is 12.1 Å². The van der Waals surface area contributed by atoms with Crippen molar-refractivity contribution in [3.8, 4) is 0 Å². The number of carbonyl (C=O) groups is 1. The number of benzene rings is 2. The highest BCUT2D eigenvalue weighted by atomic mass is 32.2. The molecule has 8 heteroatoms. The second-order valence-corrected chi connectivity index (χ2v) is 7.93. The van der Waals surface area contributed by atoms with Crippen LogP contribution in [0.25, 0.3) is 0 Å². The fraction of sp³-hybridized carbons (Fsp3) is 0.286. The molecular weight excluding hydrogens is 389 g/mol. The Morgan fingerprint density at radius 3 is 2.48 bits per heavy atom. The highest BCUT2D eigenvalue weighted by Gasteiger charge is 2.37. The third kappa shape index (κ3) is 3.98. The van der Waals surface area contributed by atoms with Crippen LogP contribution in [0.3, 0.4) is 0 Å². The quantitative estimate of drug-likeness (QED) is 0.665. The zero-order chi connectivity index (χ0) is 20.4. The maximum Gasteiger partial charge on any atom is 0.240 e. The van der Waals surface area contributed by atoms with Crippen LogP contribution in [-0.4, -0.2) is 26.0 Å². The number of aryl methyl sites for hydroxylation is 2. The van der Waals surface area contributed by atoms with E-state index in [1.165, 1.54) is 29.5 Å². The molecule has 0 bridgehead atoms. The predicted molar refractivity (Wildman–Crippen MR) is 112 cm³/mol. The number of nitrogens with zero attached hydrogens (tertiary/aromatic N) is 3. The minimum absolute atomic E-state index is 0.145. The smallest absolute Gasteiger partial charge is 0.240 e. The Bertz CT molecular complexity index is 1000. The van der Waals surface area contributed by atoms with Crippen molar-refractivity contribution in [3.63, 3.8) is 0 Å². The largest absolute Gasteiger partial charge is 0.325 e. The summed E-state index contributed by atoms with van der Waals surface area (Å²) in [5.74, 6) is 0.329. The number of carbonyl (C=O) groups excluding carboxylic acids is 1. The van der Waals surface area contributed by atoms with Crippen LogP contribution in [0.5, 0.6) is 0 Å². The van der Waals surface area contributed by atoms with Crippen molar-refractivity contribution in [1.82, 2.24) is 14.9 Å². The first-order chi connectivity index (χ1) is 14.1. The van der Waals surface area contributed by atoms with Crippen LogP contribution >= 0.6 is 11.8 Å². The number of nitrogens with one attached hydrogen (secondary N) is 2. The van der Waals surface area contributed by atoms with Gasteiger partial charge in [-0.25, -0.2) is 9.07 Å². The molecule has 0 fully saturated rings. The SMILES string of the molecule is CCc1ccc(NC(=O)C2Sc3nnc(CC)n3NC2c2ccc(F)cc2)cc1. The van der Waals surface area contributed by atoms with Crippen molar-refractivity contribution in [2.45, 2.75) is 43.1 Å². The molecular formula is C21H22FN5OS. The van der Waals surface area contributed by atoms with E-state index in [0.717, 1.165) is 23.5 Å². The highest BCUT2D eigenvalue weighted by molar-refractivity contribution is 8.00. The Labute approximate surface area is 172 Å². The molecule has 29 heavy (non-hydrogen) atoms. The number of rotatable bonds is 5. The molecule has 150 valence electrons. The predicted octanol–water partition coefficient (Wildman–Crippen LogP) is 3.94. The number of hydrogen-bond donors (Lipinski definition) is 2. The molecule has 0 radical (unpaired) electrons. The minimum Gasteiger partial charge on any atom is -0.325 e. The fourth-order valence-corrected chi connectivity index (χ4v) is 4.38. The second kappa shape index (κ2) is 8.24. The first-order valence-electron chi connectivity index (χ1n) is 9.61. The lowest BCUT2D eigenvalue weighted by Crippen LogP contribution is -2.41. The number of amides is 1. The molecule has 2 atom stereocenters. The van der Waals surface area contributed by atoms with Crippen LogP contribution < -0.4 is 10.7 Å². The molecule has 6 nitrogen and oxygen atoms in total. The molecule has 2 heterocycles. The van der Waals surface area contributed by atoms with Gasteiger partial charge in [0, 0.05) is 12.1 Å². The number of anilines is 1. The standard InChI is InChI=1S/C21H22FN5OS/c1-3-13-5-11-16(12-6-13)23-20(28)19-18(14-7-9-15(22)10-8-14)26-27-17(4-2)24-25-21(27)29-19/h5-12,18-19,26H,3-4H2,1-2H3,(H,23,28). The van der Waals surface area contributed by atoms with Gasteiger partial charge in [-0.3, -0.25) is 4.79 Å². The van der Waals surface area contributed by atoms with Gasteiger partial charge < -0.3 is 10.7 Å². The van der Waals surface area contributed by atoms with E-state index in [0.29, 0.717) is 11.6 Å². The van der Waals surface area contributed by atoms with Crippen LogP contribution in [-0.2, 0) is 17.6 Å². The van der Waals surface area contributed by atoms with E-state index in [-0.39, 0.29) is 17.8 Å². The van der Waals surface area contributed by atoms with Crippen LogP contribution in [0.15, 0.2) is 53.7 Å². The summed E-state index contributed by atoms with van der Waals surface area (Å²) in [5, 5.41) is 11.5. The molecule has 2 N–H and O–H groups in total. The molecule has 0 spiro atoms. The number of fused-ring (bicyclic) bond motifs is 1. The van der Waals surface area contributed by atoms with Crippen LogP contribution in [0.2, 0.25) is 0 Å². The summed E-state index contributed by atoms with van der Waals surface area (Å²) in [7, 11) is 0. The van der Waals surface area contributed by atoms with Crippen LogP contribution in [0, 0.1) is 5.82 Å². The average molecular weight is 412 g/mol. The van der Waals surface area contributed by atoms with Crippen LogP contribution in [0.4, 0.5) is 10.1 Å². The Hall–Kier alpha value is -2.87. The van der Waals surface area contributed by atoms with E-state index >= 15 is 0 Å². The zero-order valence-electron chi connectivity index (χ0n) is 16.2. The third-order valence-corrected chi connectivity index (χ3v) is 6.15. The lowest BCUT2D eigenvalue weighted by molar-refractivity contribution is -0.116. The van der Waals surface area contributed by atoms with E-state index in [2.05, 4.69) is 27.9 Å². The lowest BCUT2D eigenvalue weighted by Gasteiger charge is -2.33. The molecule has 0 aliphatic carbocycles. The Balaban J connectivity index is 1.63. The van der Waals surface area contributed by atoms with Gasteiger partial charge in [-0.05, 0) is 41.8 Å². The van der Waals surface area contributed by atoms with Crippen molar-refractivity contribution in [2.75, 3.05) is 10.7 Å². The minimum atomic E-state index is -0.493. The van der Waals surface area contributed by atoms with Gasteiger partial charge in [0.15, 0.2) is 5.82 Å². The maximum absolute atomic E-state index is 13.4. The normalized spacial score (nSPS) is 18.0. The van der Waals surface area contributed by atoms with E-state index in [4.69, 9.17) is 0 Å². The van der Waals surface area contributed by atoms with Crippen molar-refractivity contribution >= 4 is 23.4 Å². The fourth-order valence-electron chi connectivity index (χ4n) is 3.29. The van der Waals surface area contributed by atoms with Crippen LogP contribution in [0.1, 0.15) is 36.8 Å². The van der Waals surface area contributed by atoms with Gasteiger partial charge in [-0.15, -0.1) is 10.2 Å². The van der Waals surface area contributed by atoms with Gasteiger partial charge in [0.1, 0.15) is 11.1 Å². The molecule has 2 unspecified atom stereocenters.